The van der Waals surface area contributed by atoms with E-state index in [1.165, 1.54) is 6.08 Å². The van der Waals surface area contributed by atoms with Gasteiger partial charge in [-0.15, -0.1) is 11.6 Å². The molecule has 0 aromatic heterocycles. The Morgan fingerprint density at radius 2 is 2.36 bits per heavy atom. The van der Waals surface area contributed by atoms with E-state index in [1.807, 2.05) is 0 Å². The second-order valence-electron chi connectivity index (χ2n) is 2.38. The average molecular weight is 170 g/mol. The van der Waals surface area contributed by atoms with Gasteiger partial charge >= 0.3 is 0 Å². The lowest BCUT2D eigenvalue weighted by Crippen LogP contribution is -2.01. The number of halogens is 2. The van der Waals surface area contributed by atoms with Gasteiger partial charge in [0.15, 0.2) is 0 Å². The predicted molar refractivity (Wildman–Crippen MR) is 43.5 cm³/mol. The van der Waals surface area contributed by atoms with Crippen molar-refractivity contribution in [2.45, 2.75) is 5.38 Å². The van der Waals surface area contributed by atoms with Crippen LogP contribution < -0.4 is 0 Å². The molecule has 0 bridgehead atoms. The second kappa shape index (κ2) is 2.31. The first-order valence-corrected chi connectivity index (χ1v) is 3.69. The predicted octanol–water partition coefficient (Wildman–Crippen LogP) is 2.36. The summed E-state index contributed by atoms with van der Waals surface area (Å²) in [6, 6.07) is 0. The van der Waals surface area contributed by atoms with E-state index < -0.39 is 5.38 Å². The van der Waals surface area contributed by atoms with Gasteiger partial charge in [0.05, 0.1) is 5.70 Å². The molecule has 0 fully saturated rings. The minimum absolute atomic E-state index is 0.313. The minimum Gasteiger partial charge on any atom is -0.257 e. The molecule has 3 heteroatoms. The maximum Gasteiger partial charge on any atom is 0.122 e. The quantitative estimate of drug-likeness (QED) is 0.494. The summed E-state index contributed by atoms with van der Waals surface area (Å²) < 4.78 is 12.8. The van der Waals surface area contributed by atoms with Crippen molar-refractivity contribution in [1.29, 1.82) is 0 Å². The van der Waals surface area contributed by atoms with Crippen molar-refractivity contribution < 1.29 is 4.39 Å². The SMILES string of the molecule is FC1=CC2=CC=NC2=C[C@@H]1Cl. The van der Waals surface area contributed by atoms with Gasteiger partial charge in [0, 0.05) is 11.8 Å². The van der Waals surface area contributed by atoms with Gasteiger partial charge in [-0.25, -0.2) is 4.39 Å². The van der Waals surface area contributed by atoms with Crippen molar-refractivity contribution in [3.63, 3.8) is 0 Å². The van der Waals surface area contributed by atoms with E-state index in [2.05, 4.69) is 4.99 Å². The van der Waals surface area contributed by atoms with Crippen LogP contribution in [0.15, 0.2) is 40.3 Å². The fourth-order valence-electron chi connectivity index (χ4n) is 1.07. The molecule has 0 aromatic rings. The van der Waals surface area contributed by atoms with Crippen molar-refractivity contribution in [3.8, 4) is 0 Å². The fourth-order valence-corrected chi connectivity index (χ4v) is 1.25. The Kier molecular flexibility index (Phi) is 1.43. The molecule has 0 aromatic carbocycles. The van der Waals surface area contributed by atoms with Crippen molar-refractivity contribution in [2.24, 2.45) is 4.99 Å². The molecule has 0 saturated heterocycles. The van der Waals surface area contributed by atoms with Crippen LogP contribution in [0.25, 0.3) is 0 Å². The van der Waals surface area contributed by atoms with Crippen LogP contribution in [-0.2, 0) is 0 Å². The van der Waals surface area contributed by atoms with Crippen LogP contribution in [0.3, 0.4) is 0 Å². The normalized spacial score (nSPS) is 27.5. The zero-order valence-electron chi connectivity index (χ0n) is 5.59. The van der Waals surface area contributed by atoms with Crippen LogP contribution in [0.4, 0.5) is 4.39 Å². The number of alkyl halides is 1. The number of fused-ring (bicyclic) bond motifs is 1. The molecule has 2 aliphatic rings. The minimum atomic E-state index is -0.641. The summed E-state index contributed by atoms with van der Waals surface area (Å²) in [5.74, 6) is -0.313. The third-order valence-electron chi connectivity index (χ3n) is 1.62. The van der Waals surface area contributed by atoms with E-state index in [-0.39, 0.29) is 5.83 Å². The highest BCUT2D eigenvalue weighted by Crippen LogP contribution is 2.29. The molecule has 0 N–H and O–H groups in total. The summed E-state index contributed by atoms with van der Waals surface area (Å²) in [7, 11) is 0. The summed E-state index contributed by atoms with van der Waals surface area (Å²) in [4.78, 5) is 3.99. The lowest BCUT2D eigenvalue weighted by atomic mass is 10.1. The maximum atomic E-state index is 12.8. The number of aliphatic imine (C=N–C) groups is 1. The average Bonchev–Trinajstić information content (AvgIpc) is 2.36. The molecule has 1 nitrogen and oxygen atoms in total. The Labute approximate surface area is 68.6 Å². The highest BCUT2D eigenvalue weighted by molar-refractivity contribution is 6.23. The number of nitrogens with zero attached hydrogens (tertiary/aromatic N) is 1. The Balaban J connectivity index is 2.43. The van der Waals surface area contributed by atoms with Crippen LogP contribution in [0, 0.1) is 0 Å². The summed E-state index contributed by atoms with van der Waals surface area (Å²) in [6.07, 6.45) is 6.42. The first-order valence-electron chi connectivity index (χ1n) is 3.25. The Hall–Kier alpha value is -0.890. The summed E-state index contributed by atoms with van der Waals surface area (Å²) in [5.41, 5.74) is 1.57. The number of hydrogen-bond donors (Lipinski definition) is 0. The van der Waals surface area contributed by atoms with E-state index in [0.717, 1.165) is 11.3 Å². The zero-order chi connectivity index (χ0) is 7.84. The molecule has 0 amide bonds. The molecular weight excluding hydrogens is 165 g/mol. The van der Waals surface area contributed by atoms with Gasteiger partial charge in [0.1, 0.15) is 11.2 Å². The Bertz CT molecular complexity index is 312. The fraction of sp³-hybridized carbons (Fsp3) is 0.125. The molecule has 0 spiro atoms. The van der Waals surface area contributed by atoms with Crippen molar-refractivity contribution in [2.75, 3.05) is 0 Å². The third kappa shape index (κ3) is 1.03. The van der Waals surface area contributed by atoms with Crippen molar-refractivity contribution in [1.82, 2.24) is 0 Å². The zero-order valence-corrected chi connectivity index (χ0v) is 6.35. The lowest BCUT2D eigenvalue weighted by molar-refractivity contribution is 0.616. The third-order valence-corrected chi connectivity index (χ3v) is 1.96. The van der Waals surface area contributed by atoms with Crippen LogP contribution in [0.1, 0.15) is 0 Å². The highest BCUT2D eigenvalue weighted by atomic mass is 35.5. The van der Waals surface area contributed by atoms with Gasteiger partial charge < -0.3 is 0 Å². The molecule has 1 aliphatic carbocycles. The maximum absolute atomic E-state index is 12.8. The van der Waals surface area contributed by atoms with Gasteiger partial charge in [-0.1, -0.05) is 0 Å². The summed E-state index contributed by atoms with van der Waals surface area (Å²) in [6.45, 7) is 0. The van der Waals surface area contributed by atoms with E-state index in [9.17, 15) is 4.39 Å². The van der Waals surface area contributed by atoms with Gasteiger partial charge in [-0.3, -0.25) is 4.99 Å². The van der Waals surface area contributed by atoms with Gasteiger partial charge in [0.25, 0.3) is 0 Å². The highest BCUT2D eigenvalue weighted by Gasteiger charge is 2.18. The van der Waals surface area contributed by atoms with Crippen LogP contribution in [0.5, 0.6) is 0 Å². The van der Waals surface area contributed by atoms with E-state index in [0.29, 0.717) is 0 Å². The Morgan fingerprint density at radius 3 is 3.18 bits per heavy atom. The molecule has 0 unspecified atom stereocenters. The van der Waals surface area contributed by atoms with Gasteiger partial charge in [-0.05, 0) is 18.2 Å². The molecule has 2 rings (SSSR count). The van der Waals surface area contributed by atoms with E-state index in [4.69, 9.17) is 11.6 Å². The van der Waals surface area contributed by atoms with Crippen LogP contribution in [-0.4, -0.2) is 11.6 Å². The monoisotopic (exact) mass is 169 g/mol. The van der Waals surface area contributed by atoms with Crippen molar-refractivity contribution >= 4 is 17.8 Å². The molecule has 1 heterocycles. The topological polar surface area (TPSA) is 12.4 Å². The molecular formula is C8H5ClFN. The molecule has 11 heavy (non-hydrogen) atoms. The van der Waals surface area contributed by atoms with Crippen LogP contribution >= 0.6 is 11.6 Å². The van der Waals surface area contributed by atoms with Gasteiger partial charge in [0.2, 0.25) is 0 Å². The van der Waals surface area contributed by atoms with E-state index >= 15 is 0 Å². The first kappa shape index (κ1) is 6.80. The molecule has 1 atom stereocenters. The molecule has 0 radical (unpaired) electrons. The molecule has 1 aliphatic heterocycles. The number of hydrogen-bond acceptors (Lipinski definition) is 1. The summed E-state index contributed by atoms with van der Waals surface area (Å²) in [5, 5.41) is -0.641. The molecule has 56 valence electrons. The Morgan fingerprint density at radius 1 is 1.55 bits per heavy atom. The number of allylic oxidation sites excluding steroid dienone is 4. The second-order valence-corrected chi connectivity index (χ2v) is 2.85. The molecule has 0 saturated carbocycles. The smallest absolute Gasteiger partial charge is 0.122 e. The number of rotatable bonds is 0. The van der Waals surface area contributed by atoms with E-state index in [1.54, 1.807) is 18.4 Å². The standard InChI is InChI=1S/C8H5ClFN/c9-6-4-8-5(1-2-11-8)3-7(6)10/h1-4,6H/t6-/m0/s1. The largest absolute Gasteiger partial charge is 0.257 e. The summed E-state index contributed by atoms with van der Waals surface area (Å²) >= 11 is 5.61. The van der Waals surface area contributed by atoms with Crippen molar-refractivity contribution in [3.05, 3.63) is 35.3 Å². The van der Waals surface area contributed by atoms with Crippen LogP contribution in [0.2, 0.25) is 0 Å². The lowest BCUT2D eigenvalue weighted by Gasteiger charge is -2.09. The van der Waals surface area contributed by atoms with Gasteiger partial charge in [-0.2, -0.15) is 0 Å². The first-order chi connectivity index (χ1) is 5.27.